The van der Waals surface area contributed by atoms with E-state index in [-0.39, 0.29) is 6.03 Å². The van der Waals surface area contributed by atoms with Crippen molar-refractivity contribution in [3.63, 3.8) is 0 Å². The molecule has 1 fully saturated rings. The highest BCUT2D eigenvalue weighted by atomic mass is 16.4. The number of hydrogen-bond donors (Lipinski definition) is 1. The Morgan fingerprint density at radius 3 is 2.50 bits per heavy atom. The Morgan fingerprint density at radius 2 is 2.06 bits per heavy atom. The molecule has 0 spiro atoms. The molecule has 1 aliphatic rings. The lowest BCUT2D eigenvalue weighted by molar-refractivity contribution is -0.144. The summed E-state index contributed by atoms with van der Waals surface area (Å²) in [5, 5.41) is 9.14. The normalized spacial score (nSPS) is 25.3. The first-order valence-corrected chi connectivity index (χ1v) is 5.68. The van der Waals surface area contributed by atoms with E-state index in [4.69, 9.17) is 5.11 Å². The van der Waals surface area contributed by atoms with Crippen molar-refractivity contribution in [2.45, 2.75) is 32.2 Å². The largest absolute Gasteiger partial charge is 0.480 e. The molecule has 92 valence electrons. The smallest absolute Gasteiger partial charge is 0.326 e. The Morgan fingerprint density at radius 1 is 1.44 bits per heavy atom. The van der Waals surface area contributed by atoms with Crippen molar-refractivity contribution >= 4 is 12.0 Å². The van der Waals surface area contributed by atoms with E-state index in [1.165, 1.54) is 9.80 Å². The van der Waals surface area contributed by atoms with Gasteiger partial charge < -0.3 is 14.9 Å². The first-order valence-electron chi connectivity index (χ1n) is 5.68. The molecule has 1 aliphatic heterocycles. The molecule has 0 aromatic rings. The van der Waals surface area contributed by atoms with Gasteiger partial charge in [-0.3, -0.25) is 0 Å². The molecule has 1 N–H and O–H groups in total. The molecule has 1 saturated heterocycles. The van der Waals surface area contributed by atoms with E-state index in [1.807, 2.05) is 0 Å². The third-order valence-corrected chi connectivity index (χ3v) is 3.20. The minimum absolute atomic E-state index is 0.207. The Hall–Kier alpha value is -1.26. The third kappa shape index (κ3) is 2.65. The molecule has 2 unspecified atom stereocenters. The van der Waals surface area contributed by atoms with Gasteiger partial charge in [0.15, 0.2) is 0 Å². The second kappa shape index (κ2) is 5.18. The van der Waals surface area contributed by atoms with E-state index in [0.29, 0.717) is 18.9 Å². The number of hydrogen-bond acceptors (Lipinski definition) is 2. The van der Waals surface area contributed by atoms with Crippen LogP contribution in [-0.4, -0.2) is 53.6 Å². The maximum atomic E-state index is 11.8. The van der Waals surface area contributed by atoms with E-state index in [1.54, 1.807) is 14.1 Å². The van der Waals surface area contributed by atoms with Crippen molar-refractivity contribution in [2.75, 3.05) is 20.6 Å². The number of likely N-dealkylation sites (tertiary alicyclic amines) is 1. The number of amides is 2. The minimum Gasteiger partial charge on any atom is -0.480 e. The number of carbonyl (C=O) groups is 2. The number of carbonyl (C=O) groups excluding carboxylic acids is 1. The molecule has 0 aromatic heterocycles. The van der Waals surface area contributed by atoms with Crippen LogP contribution in [0.25, 0.3) is 0 Å². The molecule has 0 aromatic carbocycles. The number of carboxylic acids is 1. The Bertz CT molecular complexity index is 278. The van der Waals surface area contributed by atoms with Crippen LogP contribution in [0.5, 0.6) is 0 Å². The molecule has 5 nitrogen and oxygen atoms in total. The van der Waals surface area contributed by atoms with Gasteiger partial charge in [0.2, 0.25) is 0 Å². The van der Waals surface area contributed by atoms with E-state index >= 15 is 0 Å². The molecule has 1 rings (SSSR count). The van der Waals surface area contributed by atoms with Crippen molar-refractivity contribution in [3.8, 4) is 0 Å². The van der Waals surface area contributed by atoms with Gasteiger partial charge in [0.05, 0.1) is 0 Å². The number of rotatable bonds is 2. The standard InChI is InChI=1S/C11H20N2O3/c1-4-8-5-6-13(11(16)12(2)3)9(7-8)10(14)15/h8-9H,4-7H2,1-3H3,(H,14,15). The van der Waals surface area contributed by atoms with E-state index in [0.717, 1.165) is 12.8 Å². The first-order chi connectivity index (χ1) is 7.47. The Balaban J connectivity index is 2.76. The lowest BCUT2D eigenvalue weighted by Gasteiger charge is -2.38. The van der Waals surface area contributed by atoms with E-state index < -0.39 is 12.0 Å². The number of piperidine rings is 1. The zero-order chi connectivity index (χ0) is 12.3. The van der Waals surface area contributed by atoms with Crippen LogP contribution in [0.2, 0.25) is 0 Å². The predicted molar refractivity (Wildman–Crippen MR) is 60.2 cm³/mol. The fraction of sp³-hybridized carbons (Fsp3) is 0.818. The summed E-state index contributed by atoms with van der Waals surface area (Å²) in [5.41, 5.74) is 0. The summed E-state index contributed by atoms with van der Waals surface area (Å²) in [6.45, 7) is 2.61. The number of nitrogens with zero attached hydrogens (tertiary/aromatic N) is 2. The lowest BCUT2D eigenvalue weighted by atomic mass is 9.89. The van der Waals surface area contributed by atoms with Crippen LogP contribution in [0.15, 0.2) is 0 Å². The fourth-order valence-corrected chi connectivity index (χ4v) is 2.13. The van der Waals surface area contributed by atoms with Gasteiger partial charge in [0, 0.05) is 20.6 Å². The van der Waals surface area contributed by atoms with Gasteiger partial charge >= 0.3 is 12.0 Å². The van der Waals surface area contributed by atoms with Gasteiger partial charge in [0.1, 0.15) is 6.04 Å². The minimum atomic E-state index is -0.895. The molecule has 2 amide bonds. The molecule has 0 saturated carbocycles. The highest BCUT2D eigenvalue weighted by Crippen LogP contribution is 2.26. The van der Waals surface area contributed by atoms with Crippen LogP contribution in [-0.2, 0) is 4.79 Å². The SMILES string of the molecule is CCC1CCN(C(=O)N(C)C)C(C(=O)O)C1. The molecular formula is C11H20N2O3. The fourth-order valence-electron chi connectivity index (χ4n) is 2.13. The number of carboxylic acid groups (broad SMARTS) is 1. The highest BCUT2D eigenvalue weighted by Gasteiger charge is 2.36. The van der Waals surface area contributed by atoms with Crippen molar-refractivity contribution in [1.29, 1.82) is 0 Å². The van der Waals surface area contributed by atoms with Crippen molar-refractivity contribution in [2.24, 2.45) is 5.92 Å². The molecule has 2 atom stereocenters. The molecule has 16 heavy (non-hydrogen) atoms. The molecule has 1 heterocycles. The summed E-state index contributed by atoms with van der Waals surface area (Å²) < 4.78 is 0. The van der Waals surface area contributed by atoms with Gasteiger partial charge in [-0.15, -0.1) is 0 Å². The van der Waals surface area contributed by atoms with E-state index in [2.05, 4.69) is 6.92 Å². The van der Waals surface area contributed by atoms with Gasteiger partial charge in [0.25, 0.3) is 0 Å². The van der Waals surface area contributed by atoms with E-state index in [9.17, 15) is 9.59 Å². The zero-order valence-corrected chi connectivity index (χ0v) is 10.1. The topological polar surface area (TPSA) is 60.9 Å². The summed E-state index contributed by atoms with van der Waals surface area (Å²) in [6, 6.07) is -0.865. The zero-order valence-electron chi connectivity index (χ0n) is 10.1. The van der Waals surface area contributed by atoms with Crippen LogP contribution < -0.4 is 0 Å². The molecule has 5 heteroatoms. The summed E-state index contributed by atoms with van der Waals surface area (Å²) in [4.78, 5) is 25.8. The van der Waals surface area contributed by atoms with Crippen molar-refractivity contribution < 1.29 is 14.7 Å². The van der Waals surface area contributed by atoms with Crippen LogP contribution >= 0.6 is 0 Å². The highest BCUT2D eigenvalue weighted by molar-refractivity contribution is 5.82. The second-order valence-electron chi connectivity index (χ2n) is 4.52. The molecule has 0 aliphatic carbocycles. The molecule has 0 radical (unpaired) electrons. The van der Waals surface area contributed by atoms with Crippen molar-refractivity contribution in [3.05, 3.63) is 0 Å². The quantitative estimate of drug-likeness (QED) is 0.773. The maximum absolute atomic E-state index is 11.8. The summed E-state index contributed by atoms with van der Waals surface area (Å²) in [5.74, 6) is -0.472. The molecule has 0 bridgehead atoms. The van der Waals surface area contributed by atoms with Crippen LogP contribution in [0.3, 0.4) is 0 Å². The first kappa shape index (κ1) is 12.8. The van der Waals surface area contributed by atoms with Gasteiger partial charge in [-0.2, -0.15) is 0 Å². The lowest BCUT2D eigenvalue weighted by Crippen LogP contribution is -2.53. The van der Waals surface area contributed by atoms with Gasteiger partial charge in [-0.05, 0) is 18.8 Å². The summed E-state index contributed by atoms with van der Waals surface area (Å²) in [7, 11) is 3.29. The molecular weight excluding hydrogens is 208 g/mol. The van der Waals surface area contributed by atoms with Crippen LogP contribution in [0.4, 0.5) is 4.79 Å². The van der Waals surface area contributed by atoms with Gasteiger partial charge in [-0.1, -0.05) is 13.3 Å². The predicted octanol–water partition coefficient (Wildman–Crippen LogP) is 1.24. The maximum Gasteiger partial charge on any atom is 0.326 e. The van der Waals surface area contributed by atoms with Crippen molar-refractivity contribution in [1.82, 2.24) is 9.80 Å². The monoisotopic (exact) mass is 228 g/mol. The van der Waals surface area contributed by atoms with Crippen LogP contribution in [0, 0.1) is 5.92 Å². The summed E-state index contributed by atoms with van der Waals surface area (Å²) >= 11 is 0. The number of urea groups is 1. The Labute approximate surface area is 96.0 Å². The third-order valence-electron chi connectivity index (χ3n) is 3.20. The summed E-state index contributed by atoms with van der Waals surface area (Å²) in [6.07, 6.45) is 2.46. The Kier molecular flexibility index (Phi) is 4.15. The second-order valence-corrected chi connectivity index (χ2v) is 4.52. The number of aliphatic carboxylic acids is 1. The van der Waals surface area contributed by atoms with Gasteiger partial charge in [-0.25, -0.2) is 9.59 Å². The average Bonchev–Trinajstić information content (AvgIpc) is 2.26. The van der Waals surface area contributed by atoms with Crippen LogP contribution in [0.1, 0.15) is 26.2 Å². The average molecular weight is 228 g/mol.